The lowest BCUT2D eigenvalue weighted by Gasteiger charge is -2.24. The summed E-state index contributed by atoms with van der Waals surface area (Å²) >= 11 is 0.461. The molecular formula is C18H32N3O13P3S. The second kappa shape index (κ2) is 13.3. The van der Waals surface area contributed by atoms with E-state index in [0.717, 1.165) is 30.3 Å². The lowest BCUT2D eigenvalue weighted by atomic mass is 10.0. The van der Waals surface area contributed by atoms with Crippen LogP contribution in [0.4, 0.5) is 5.82 Å². The Labute approximate surface area is 222 Å². The van der Waals surface area contributed by atoms with Gasteiger partial charge in [0.25, 0.3) is 0 Å². The number of hydrogen-bond acceptors (Lipinski definition) is 13. The number of phosphoric acid groups is 2. The van der Waals surface area contributed by atoms with E-state index in [2.05, 4.69) is 23.4 Å². The van der Waals surface area contributed by atoms with Crippen LogP contribution in [0.1, 0.15) is 51.7 Å². The van der Waals surface area contributed by atoms with Gasteiger partial charge in [0.1, 0.15) is 24.1 Å². The predicted octanol–water partition coefficient (Wildman–Crippen LogP) is 2.10. The highest BCUT2D eigenvalue weighted by atomic mass is 32.7. The summed E-state index contributed by atoms with van der Waals surface area (Å²) in [7, 11) is -11.0. The maximum atomic E-state index is 12.3. The van der Waals surface area contributed by atoms with E-state index in [9.17, 15) is 43.4 Å². The van der Waals surface area contributed by atoms with Crippen molar-refractivity contribution in [3.63, 3.8) is 0 Å². The third kappa shape index (κ3) is 9.20. The van der Waals surface area contributed by atoms with Crippen molar-refractivity contribution < 1.29 is 56.5 Å². The maximum Gasteiger partial charge on any atom is 0.488 e. The smallest absolute Gasteiger partial charge is 0.387 e. The summed E-state index contributed by atoms with van der Waals surface area (Å²) in [6.07, 6.45) is -0.390. The highest BCUT2D eigenvalue weighted by Gasteiger charge is 2.47. The molecule has 6 N–H and O–H groups in total. The Balaban J connectivity index is 1.57. The molecule has 1 saturated heterocycles. The van der Waals surface area contributed by atoms with Crippen LogP contribution in [-0.4, -0.2) is 71.2 Å². The minimum atomic E-state index is -5.56. The van der Waals surface area contributed by atoms with Crippen molar-refractivity contribution in [1.29, 1.82) is 0 Å². The standard InChI is InChI=1S/C18H32N3O13P3S/c1-2-9-19-14-8-10-21(18(24)20-14)17-16(23)15(22)13(32-17)11-31-35(25,26)33-36(27,28)34-37(29,30)38-12-6-4-3-5-7-12/h8,10,12-13,15-17,22-23H,2-7,9,11H2,1H3,(H,25,26)(H,27,28)(H,29,30)(H,19,20,24)/t13-,15?,16+,17-/m1/s1. The summed E-state index contributed by atoms with van der Waals surface area (Å²) in [6.45, 7) is -3.18. The second-order valence-corrected chi connectivity index (χ2v) is 16.0. The fraction of sp³-hybridized carbons (Fsp3) is 0.778. The van der Waals surface area contributed by atoms with Crippen molar-refractivity contribution in [1.82, 2.24) is 9.55 Å². The van der Waals surface area contributed by atoms with Gasteiger partial charge in [-0.1, -0.05) is 26.2 Å². The summed E-state index contributed by atoms with van der Waals surface area (Å²) in [4.78, 5) is 45.7. The topological polar surface area (TPSA) is 236 Å². The zero-order chi connectivity index (χ0) is 28.1. The molecule has 0 spiro atoms. The van der Waals surface area contributed by atoms with Crippen LogP contribution < -0.4 is 11.0 Å². The summed E-state index contributed by atoms with van der Waals surface area (Å²) in [5, 5.41) is 23.2. The number of hydrogen-bond donors (Lipinski definition) is 6. The van der Waals surface area contributed by atoms with Gasteiger partial charge in [0, 0.05) is 18.0 Å². The van der Waals surface area contributed by atoms with Crippen molar-refractivity contribution in [2.75, 3.05) is 18.5 Å². The van der Waals surface area contributed by atoms with Crippen LogP contribution in [0.5, 0.6) is 0 Å². The van der Waals surface area contributed by atoms with Gasteiger partial charge in [0.2, 0.25) is 0 Å². The first-order valence-electron chi connectivity index (χ1n) is 11.8. The van der Waals surface area contributed by atoms with Crippen LogP contribution in [0.2, 0.25) is 0 Å². The molecule has 1 aromatic rings. The van der Waals surface area contributed by atoms with Gasteiger partial charge in [0.15, 0.2) is 6.23 Å². The van der Waals surface area contributed by atoms with E-state index in [-0.39, 0.29) is 5.25 Å². The van der Waals surface area contributed by atoms with E-state index < -0.39 is 59.3 Å². The Kier molecular flexibility index (Phi) is 11.2. The molecule has 0 radical (unpaired) electrons. The first-order chi connectivity index (χ1) is 17.7. The third-order valence-corrected chi connectivity index (χ3v) is 12.8. The van der Waals surface area contributed by atoms with Crippen molar-refractivity contribution in [3.05, 3.63) is 22.7 Å². The molecule has 16 nitrogen and oxygen atoms in total. The largest absolute Gasteiger partial charge is 0.488 e. The number of aliphatic hydroxyl groups excluding tert-OH is 2. The van der Waals surface area contributed by atoms with E-state index in [0.29, 0.717) is 36.6 Å². The lowest BCUT2D eigenvalue weighted by Crippen LogP contribution is -2.36. The fourth-order valence-electron chi connectivity index (χ4n) is 3.90. The number of ether oxygens (including phenoxy) is 1. The SMILES string of the molecule is CCCNc1ccn([C@@H]2O[C@H](COP(=O)(O)OP(=O)(O)OP(=O)(O)SC3CCCCC3)C(O)[C@@H]2O)c(=O)n1. The molecule has 1 aliphatic carbocycles. The van der Waals surface area contributed by atoms with Crippen LogP contribution in [-0.2, 0) is 31.6 Å². The average Bonchev–Trinajstić information content (AvgIpc) is 3.09. The Morgan fingerprint density at radius 1 is 1.11 bits per heavy atom. The van der Waals surface area contributed by atoms with Gasteiger partial charge in [-0.2, -0.15) is 13.6 Å². The van der Waals surface area contributed by atoms with Crippen LogP contribution in [0, 0.1) is 0 Å². The van der Waals surface area contributed by atoms with Gasteiger partial charge in [-0.3, -0.25) is 9.09 Å². The minimum absolute atomic E-state index is 0.288. The molecule has 0 amide bonds. The van der Waals surface area contributed by atoms with E-state index in [1.54, 1.807) is 0 Å². The number of aliphatic hydroxyl groups is 2. The molecule has 20 heteroatoms. The predicted molar refractivity (Wildman–Crippen MR) is 135 cm³/mol. The van der Waals surface area contributed by atoms with Gasteiger partial charge in [-0.05, 0) is 36.7 Å². The molecule has 1 aliphatic heterocycles. The van der Waals surface area contributed by atoms with E-state index in [1.807, 2.05) is 6.92 Å². The zero-order valence-electron chi connectivity index (χ0n) is 20.3. The number of aromatic nitrogens is 2. The van der Waals surface area contributed by atoms with Gasteiger partial charge in [-0.15, -0.1) is 0 Å². The van der Waals surface area contributed by atoms with Gasteiger partial charge < -0.3 is 34.9 Å². The molecule has 0 aromatic carbocycles. The summed E-state index contributed by atoms with van der Waals surface area (Å²) in [6, 6.07) is 1.45. The van der Waals surface area contributed by atoms with Gasteiger partial charge in [-0.25, -0.2) is 18.5 Å². The van der Waals surface area contributed by atoms with Gasteiger partial charge >= 0.3 is 28.1 Å². The normalized spacial score (nSPS) is 29.3. The Morgan fingerprint density at radius 3 is 2.42 bits per heavy atom. The molecule has 38 heavy (non-hydrogen) atoms. The zero-order valence-corrected chi connectivity index (χ0v) is 23.8. The third-order valence-electron chi connectivity index (χ3n) is 5.65. The monoisotopic (exact) mass is 623 g/mol. The summed E-state index contributed by atoms with van der Waals surface area (Å²) in [5.41, 5.74) is -0.807. The number of rotatable bonds is 13. The average molecular weight is 623 g/mol. The van der Waals surface area contributed by atoms with Crippen LogP contribution in [0.25, 0.3) is 0 Å². The number of anilines is 1. The van der Waals surface area contributed by atoms with Crippen LogP contribution >= 0.6 is 33.8 Å². The highest BCUT2D eigenvalue weighted by molar-refractivity contribution is 8.55. The van der Waals surface area contributed by atoms with Crippen molar-refractivity contribution in [3.8, 4) is 0 Å². The van der Waals surface area contributed by atoms with Crippen molar-refractivity contribution in [2.45, 2.75) is 75.2 Å². The van der Waals surface area contributed by atoms with Crippen molar-refractivity contribution >= 4 is 39.6 Å². The Hall–Kier alpha value is -0.640. The maximum absolute atomic E-state index is 12.3. The number of phosphoric ester groups is 1. The van der Waals surface area contributed by atoms with E-state index >= 15 is 0 Å². The number of nitrogens with zero attached hydrogens (tertiary/aromatic N) is 2. The Morgan fingerprint density at radius 2 is 1.79 bits per heavy atom. The first-order valence-corrected chi connectivity index (χ1v) is 17.9. The molecule has 2 fully saturated rings. The molecule has 3 rings (SSSR count). The van der Waals surface area contributed by atoms with Crippen LogP contribution in [0.15, 0.2) is 17.1 Å². The van der Waals surface area contributed by atoms with Crippen LogP contribution in [0.3, 0.4) is 0 Å². The lowest BCUT2D eigenvalue weighted by molar-refractivity contribution is -0.0541. The minimum Gasteiger partial charge on any atom is -0.387 e. The second-order valence-electron chi connectivity index (χ2n) is 8.71. The molecular weight excluding hydrogens is 591 g/mol. The molecule has 2 heterocycles. The quantitative estimate of drug-likeness (QED) is 0.173. The molecule has 218 valence electrons. The molecule has 1 aromatic heterocycles. The highest BCUT2D eigenvalue weighted by Crippen LogP contribution is 2.72. The molecule has 4 unspecified atom stereocenters. The van der Waals surface area contributed by atoms with Crippen molar-refractivity contribution in [2.24, 2.45) is 0 Å². The number of nitrogens with one attached hydrogen (secondary N) is 1. The van der Waals surface area contributed by atoms with Gasteiger partial charge in [0.05, 0.1) is 6.61 Å². The fourth-order valence-corrected chi connectivity index (χ4v) is 10.8. The molecule has 1 saturated carbocycles. The van der Waals surface area contributed by atoms with E-state index in [4.69, 9.17) is 4.74 Å². The summed E-state index contributed by atoms with van der Waals surface area (Å²) < 4.78 is 55.9. The Bertz CT molecular complexity index is 1150. The first kappa shape index (κ1) is 31.9. The van der Waals surface area contributed by atoms with E-state index in [1.165, 1.54) is 12.3 Å². The summed E-state index contributed by atoms with van der Waals surface area (Å²) in [5.74, 6) is 0.291. The molecule has 2 aliphatic rings. The molecule has 7 atom stereocenters. The molecule has 0 bridgehead atoms.